The zero-order chi connectivity index (χ0) is 23.1. The van der Waals surface area contributed by atoms with E-state index < -0.39 is 5.97 Å². The molecule has 1 saturated heterocycles. The van der Waals surface area contributed by atoms with Crippen LogP contribution in [0.25, 0.3) is 0 Å². The van der Waals surface area contributed by atoms with E-state index in [1.807, 2.05) is 11.4 Å². The van der Waals surface area contributed by atoms with Crippen molar-refractivity contribution in [1.29, 1.82) is 0 Å². The molecule has 2 heterocycles. The van der Waals surface area contributed by atoms with Gasteiger partial charge in [0.2, 0.25) is 5.91 Å². The van der Waals surface area contributed by atoms with Crippen molar-refractivity contribution in [2.24, 2.45) is 5.92 Å². The number of piperidine rings is 1. The molecular weight excluding hydrogens is 432 g/mol. The molecule has 3 rings (SSSR count). The lowest BCUT2D eigenvalue weighted by atomic mass is 9.96. The second kappa shape index (κ2) is 11.0. The van der Waals surface area contributed by atoms with Gasteiger partial charge in [0.15, 0.2) is 0 Å². The first-order valence-electron chi connectivity index (χ1n) is 10.4. The predicted molar refractivity (Wildman–Crippen MR) is 120 cm³/mol. The van der Waals surface area contributed by atoms with Gasteiger partial charge < -0.3 is 24.0 Å². The molecule has 1 aliphatic rings. The van der Waals surface area contributed by atoms with Gasteiger partial charge >= 0.3 is 5.97 Å². The van der Waals surface area contributed by atoms with Crippen molar-refractivity contribution >= 4 is 29.1 Å². The van der Waals surface area contributed by atoms with E-state index >= 15 is 0 Å². The van der Waals surface area contributed by atoms with Crippen LogP contribution in [0.4, 0.5) is 0 Å². The number of benzene rings is 1. The summed E-state index contributed by atoms with van der Waals surface area (Å²) in [5.74, 6) is 0.0567. The molecule has 0 spiro atoms. The maximum atomic E-state index is 13.4. The Morgan fingerprint density at radius 1 is 1.12 bits per heavy atom. The quantitative estimate of drug-likeness (QED) is 0.563. The monoisotopic (exact) mass is 460 g/mol. The van der Waals surface area contributed by atoms with Gasteiger partial charge in [0.1, 0.15) is 18.0 Å². The van der Waals surface area contributed by atoms with Gasteiger partial charge in [-0.2, -0.15) is 0 Å². The van der Waals surface area contributed by atoms with E-state index in [9.17, 15) is 14.4 Å². The summed E-state index contributed by atoms with van der Waals surface area (Å²) >= 11 is 1.39. The van der Waals surface area contributed by atoms with Crippen molar-refractivity contribution in [3.05, 3.63) is 46.2 Å². The number of methoxy groups -OCH3 is 3. The van der Waals surface area contributed by atoms with E-state index in [0.29, 0.717) is 35.9 Å². The first kappa shape index (κ1) is 23.6. The molecule has 0 aliphatic carbocycles. The van der Waals surface area contributed by atoms with Crippen LogP contribution in [0, 0.1) is 5.92 Å². The van der Waals surface area contributed by atoms with Gasteiger partial charge in [-0.3, -0.25) is 14.4 Å². The van der Waals surface area contributed by atoms with Crippen molar-refractivity contribution in [2.45, 2.75) is 19.4 Å². The average Bonchev–Trinajstić information content (AvgIpc) is 3.37. The number of nitrogens with zero attached hydrogens (tertiary/aromatic N) is 2. The van der Waals surface area contributed by atoms with Gasteiger partial charge in [0, 0.05) is 25.7 Å². The van der Waals surface area contributed by atoms with E-state index in [2.05, 4.69) is 0 Å². The first-order valence-corrected chi connectivity index (χ1v) is 11.2. The molecule has 0 saturated carbocycles. The molecule has 1 aliphatic heterocycles. The topological polar surface area (TPSA) is 85.4 Å². The smallest absolute Gasteiger partial charge is 0.325 e. The van der Waals surface area contributed by atoms with Crippen LogP contribution in [0.5, 0.6) is 11.5 Å². The zero-order valence-corrected chi connectivity index (χ0v) is 19.4. The van der Waals surface area contributed by atoms with Gasteiger partial charge in [0.05, 0.1) is 32.1 Å². The lowest BCUT2D eigenvalue weighted by Crippen LogP contribution is -2.47. The van der Waals surface area contributed by atoms with E-state index in [4.69, 9.17) is 14.2 Å². The van der Waals surface area contributed by atoms with Gasteiger partial charge in [0.25, 0.3) is 5.91 Å². The number of ether oxygens (including phenoxy) is 3. The van der Waals surface area contributed by atoms with Crippen LogP contribution in [0.2, 0.25) is 0 Å². The highest BCUT2D eigenvalue weighted by Gasteiger charge is 2.33. The maximum Gasteiger partial charge on any atom is 0.325 e. The van der Waals surface area contributed by atoms with Crippen LogP contribution in [-0.4, -0.2) is 68.5 Å². The third-order valence-electron chi connectivity index (χ3n) is 5.43. The van der Waals surface area contributed by atoms with Crippen LogP contribution in [0.3, 0.4) is 0 Å². The molecule has 1 atom stereocenters. The Morgan fingerprint density at radius 2 is 1.84 bits per heavy atom. The molecule has 9 heteroatoms. The highest BCUT2D eigenvalue weighted by Crippen LogP contribution is 2.26. The minimum Gasteiger partial charge on any atom is -0.497 e. The van der Waals surface area contributed by atoms with Crippen LogP contribution < -0.4 is 9.47 Å². The number of amides is 2. The molecule has 32 heavy (non-hydrogen) atoms. The molecule has 1 aromatic heterocycles. The van der Waals surface area contributed by atoms with Crippen LogP contribution >= 0.6 is 11.3 Å². The number of hydrogen-bond donors (Lipinski definition) is 0. The highest BCUT2D eigenvalue weighted by molar-refractivity contribution is 7.12. The van der Waals surface area contributed by atoms with Gasteiger partial charge in [-0.25, -0.2) is 0 Å². The Balaban J connectivity index is 1.78. The number of carbonyl (C=O) groups is 3. The van der Waals surface area contributed by atoms with Crippen LogP contribution in [0.1, 0.15) is 28.1 Å². The first-order chi connectivity index (χ1) is 15.4. The van der Waals surface area contributed by atoms with Crippen molar-refractivity contribution in [3.8, 4) is 11.5 Å². The molecule has 1 unspecified atom stereocenters. The van der Waals surface area contributed by atoms with Crippen molar-refractivity contribution in [3.63, 3.8) is 0 Å². The Morgan fingerprint density at radius 3 is 2.44 bits per heavy atom. The fourth-order valence-corrected chi connectivity index (χ4v) is 4.48. The van der Waals surface area contributed by atoms with Gasteiger partial charge in [-0.1, -0.05) is 6.07 Å². The zero-order valence-electron chi connectivity index (χ0n) is 18.5. The molecule has 0 bridgehead atoms. The van der Waals surface area contributed by atoms with Crippen molar-refractivity contribution in [2.75, 3.05) is 41.0 Å². The summed E-state index contributed by atoms with van der Waals surface area (Å²) in [5, 5.41) is 1.86. The Kier molecular flexibility index (Phi) is 8.10. The molecule has 2 amide bonds. The molecule has 172 valence electrons. The Labute approximate surface area is 191 Å². The van der Waals surface area contributed by atoms with Gasteiger partial charge in [-0.05, 0) is 42.0 Å². The lowest BCUT2D eigenvalue weighted by molar-refractivity contribution is -0.149. The van der Waals surface area contributed by atoms with Crippen molar-refractivity contribution < 1.29 is 28.6 Å². The summed E-state index contributed by atoms with van der Waals surface area (Å²) in [6, 6.07) is 8.97. The number of rotatable bonds is 8. The largest absolute Gasteiger partial charge is 0.497 e. The molecule has 1 fully saturated rings. The second-order valence-corrected chi connectivity index (χ2v) is 8.51. The number of esters is 1. The summed E-state index contributed by atoms with van der Waals surface area (Å²) in [7, 11) is 4.40. The molecule has 0 N–H and O–H groups in total. The summed E-state index contributed by atoms with van der Waals surface area (Å²) in [6.07, 6.45) is 1.39. The minimum absolute atomic E-state index is 0.0606. The normalized spacial score (nSPS) is 15.7. The molecular formula is C23H28N2O6S. The fraction of sp³-hybridized carbons (Fsp3) is 0.435. The summed E-state index contributed by atoms with van der Waals surface area (Å²) in [6.45, 7) is 0.959. The second-order valence-electron chi connectivity index (χ2n) is 7.56. The van der Waals surface area contributed by atoms with Crippen molar-refractivity contribution in [1.82, 2.24) is 9.80 Å². The summed E-state index contributed by atoms with van der Waals surface area (Å²) < 4.78 is 15.4. The van der Waals surface area contributed by atoms with E-state index in [0.717, 1.165) is 12.0 Å². The van der Waals surface area contributed by atoms with Gasteiger partial charge in [-0.15, -0.1) is 11.3 Å². The third kappa shape index (κ3) is 5.79. The highest BCUT2D eigenvalue weighted by atomic mass is 32.1. The Hall–Kier alpha value is -3.07. The third-order valence-corrected chi connectivity index (χ3v) is 6.29. The molecule has 1 aromatic carbocycles. The number of thiophene rings is 1. The molecule has 2 aromatic rings. The SMILES string of the molecule is COC(=O)CN(Cc1cc(OC)cc(OC)c1)C(=O)C1CCCN(C(=O)c2cccs2)C1. The summed E-state index contributed by atoms with van der Waals surface area (Å²) in [5.41, 5.74) is 0.765. The number of hydrogen-bond acceptors (Lipinski definition) is 7. The maximum absolute atomic E-state index is 13.4. The molecule has 8 nitrogen and oxygen atoms in total. The minimum atomic E-state index is -0.504. The van der Waals surface area contributed by atoms with E-state index in [1.165, 1.54) is 23.3 Å². The fourth-order valence-electron chi connectivity index (χ4n) is 3.79. The van der Waals surface area contributed by atoms with E-state index in [1.54, 1.807) is 43.4 Å². The predicted octanol–water partition coefficient (Wildman–Crippen LogP) is 2.82. The van der Waals surface area contributed by atoms with Crippen LogP contribution in [0.15, 0.2) is 35.7 Å². The average molecular weight is 461 g/mol. The van der Waals surface area contributed by atoms with E-state index in [-0.39, 0.29) is 30.8 Å². The standard InChI is InChI=1S/C23H28N2O6S/c1-29-18-10-16(11-19(12-18)30-2)13-25(15-21(26)31-3)22(27)17-6-4-8-24(14-17)23(28)20-7-5-9-32-20/h5,7,9-12,17H,4,6,8,13-15H2,1-3H3. The lowest BCUT2D eigenvalue weighted by Gasteiger charge is -2.34. The number of carbonyl (C=O) groups excluding carboxylic acids is 3. The number of likely N-dealkylation sites (tertiary alicyclic amines) is 1. The molecule has 0 radical (unpaired) electrons. The summed E-state index contributed by atoms with van der Waals surface area (Å²) in [4.78, 5) is 42.1. The van der Waals surface area contributed by atoms with Crippen LogP contribution in [-0.2, 0) is 20.9 Å². The Bertz CT molecular complexity index is 924.